The second-order valence-corrected chi connectivity index (χ2v) is 7.99. The van der Waals surface area contributed by atoms with Crippen molar-refractivity contribution in [3.8, 4) is 0 Å². The van der Waals surface area contributed by atoms with Crippen LogP contribution in [0.5, 0.6) is 0 Å². The van der Waals surface area contributed by atoms with Crippen molar-refractivity contribution >= 4 is 17.8 Å². The van der Waals surface area contributed by atoms with Gasteiger partial charge in [0.05, 0.1) is 6.67 Å². The first-order valence-electron chi connectivity index (χ1n) is 9.87. The summed E-state index contributed by atoms with van der Waals surface area (Å²) in [4.78, 5) is 42.5. The number of hydrogen-bond acceptors (Lipinski definition) is 4. The largest absolute Gasteiger partial charge is 0.335 e. The average Bonchev–Trinajstić information content (AvgIpc) is 2.86. The van der Waals surface area contributed by atoms with Gasteiger partial charge in [-0.2, -0.15) is 0 Å². The zero-order valence-electron chi connectivity index (χ0n) is 16.4. The van der Waals surface area contributed by atoms with Crippen LogP contribution in [-0.4, -0.2) is 51.3 Å². The molecule has 146 valence electrons. The monoisotopic (exact) mass is 371 g/mol. The van der Waals surface area contributed by atoms with Crippen molar-refractivity contribution in [1.82, 2.24) is 14.7 Å². The minimum Gasteiger partial charge on any atom is -0.279 e. The van der Waals surface area contributed by atoms with E-state index < -0.39 is 17.8 Å². The molecule has 2 atom stereocenters. The Balaban J connectivity index is 1.75. The van der Waals surface area contributed by atoms with Gasteiger partial charge in [-0.05, 0) is 38.2 Å². The fourth-order valence-electron chi connectivity index (χ4n) is 4.02. The van der Waals surface area contributed by atoms with Crippen LogP contribution in [0, 0.1) is 5.92 Å². The van der Waals surface area contributed by atoms with Crippen molar-refractivity contribution < 1.29 is 14.4 Å². The summed E-state index contributed by atoms with van der Waals surface area (Å²) >= 11 is 0. The van der Waals surface area contributed by atoms with E-state index in [2.05, 4.69) is 6.92 Å². The Kier molecular flexibility index (Phi) is 5.95. The third-order valence-electron chi connectivity index (χ3n) is 5.76. The average molecular weight is 371 g/mol. The lowest BCUT2D eigenvalue weighted by atomic mass is 9.85. The lowest BCUT2D eigenvalue weighted by Gasteiger charge is -2.34. The number of carbonyl (C=O) groups is 3. The minimum atomic E-state index is -0.698. The van der Waals surface area contributed by atoms with E-state index in [0.29, 0.717) is 6.54 Å². The van der Waals surface area contributed by atoms with Gasteiger partial charge in [0.1, 0.15) is 0 Å². The van der Waals surface area contributed by atoms with Gasteiger partial charge in [0.15, 0.2) is 0 Å². The molecule has 1 saturated heterocycles. The summed E-state index contributed by atoms with van der Waals surface area (Å²) in [5.74, 6) is -1.12. The Morgan fingerprint density at radius 3 is 2.33 bits per heavy atom. The van der Waals surface area contributed by atoms with E-state index in [-0.39, 0.29) is 24.7 Å². The van der Waals surface area contributed by atoms with E-state index in [1.165, 1.54) is 4.90 Å². The lowest BCUT2D eigenvalue weighted by Crippen LogP contribution is -2.48. The predicted octanol–water partition coefficient (Wildman–Crippen LogP) is 3.22. The quantitative estimate of drug-likeness (QED) is 0.569. The van der Waals surface area contributed by atoms with Crippen molar-refractivity contribution in [2.75, 3.05) is 6.67 Å². The maximum Gasteiger partial charge on any atom is 0.335 e. The maximum absolute atomic E-state index is 13.0. The van der Waals surface area contributed by atoms with Crippen LogP contribution in [0.2, 0.25) is 0 Å². The Labute approximate surface area is 161 Å². The number of nitrogens with zero attached hydrogens (tertiary/aromatic N) is 3. The van der Waals surface area contributed by atoms with Gasteiger partial charge in [0.25, 0.3) is 0 Å². The van der Waals surface area contributed by atoms with Crippen molar-refractivity contribution in [2.24, 2.45) is 5.92 Å². The molecule has 0 unspecified atom stereocenters. The predicted molar refractivity (Wildman–Crippen MR) is 102 cm³/mol. The first kappa shape index (κ1) is 19.5. The van der Waals surface area contributed by atoms with Crippen LogP contribution in [-0.2, 0) is 16.1 Å². The molecule has 1 aromatic carbocycles. The summed E-state index contributed by atoms with van der Waals surface area (Å²) in [7, 11) is 0. The topological polar surface area (TPSA) is 60.9 Å². The summed E-state index contributed by atoms with van der Waals surface area (Å²) in [5, 5.41) is 0. The van der Waals surface area contributed by atoms with Crippen LogP contribution >= 0.6 is 0 Å². The SMILES string of the molecule is CC(C)N(Cc1ccccc1)CN1C(=O)C(=O)N([C@H]2CCCC[C@@H]2C)C1=O. The van der Waals surface area contributed by atoms with Crippen LogP contribution in [0.4, 0.5) is 4.79 Å². The molecule has 4 amide bonds. The molecule has 1 heterocycles. The lowest BCUT2D eigenvalue weighted by molar-refractivity contribution is -0.145. The van der Waals surface area contributed by atoms with Crippen molar-refractivity contribution in [2.45, 2.75) is 65.1 Å². The molecule has 1 saturated carbocycles. The Morgan fingerprint density at radius 1 is 1.04 bits per heavy atom. The van der Waals surface area contributed by atoms with Gasteiger partial charge < -0.3 is 0 Å². The van der Waals surface area contributed by atoms with Crippen LogP contribution < -0.4 is 0 Å². The molecule has 0 aromatic heterocycles. The van der Waals surface area contributed by atoms with Gasteiger partial charge >= 0.3 is 17.8 Å². The number of hydrogen-bond donors (Lipinski definition) is 0. The van der Waals surface area contributed by atoms with Crippen LogP contribution in [0.15, 0.2) is 30.3 Å². The number of benzene rings is 1. The number of imide groups is 2. The maximum atomic E-state index is 13.0. The molecule has 0 radical (unpaired) electrons. The summed E-state index contributed by atoms with van der Waals surface area (Å²) in [6, 6.07) is 9.44. The van der Waals surface area contributed by atoms with Gasteiger partial charge in [-0.25, -0.2) is 9.69 Å². The summed E-state index contributed by atoms with van der Waals surface area (Å²) in [6.07, 6.45) is 3.88. The molecule has 2 fully saturated rings. The van der Waals surface area contributed by atoms with Crippen molar-refractivity contribution in [1.29, 1.82) is 0 Å². The third-order valence-corrected chi connectivity index (χ3v) is 5.76. The second-order valence-electron chi connectivity index (χ2n) is 7.99. The molecule has 6 nitrogen and oxygen atoms in total. The summed E-state index contributed by atoms with van der Waals surface area (Å²) in [6.45, 7) is 6.86. The molecule has 0 spiro atoms. The molecular formula is C21H29N3O3. The van der Waals surface area contributed by atoms with E-state index in [4.69, 9.17) is 0 Å². The Bertz CT molecular complexity index is 704. The molecule has 1 aliphatic carbocycles. The minimum absolute atomic E-state index is 0.128. The molecule has 0 bridgehead atoms. The van der Waals surface area contributed by atoms with Crippen LogP contribution in [0.1, 0.15) is 52.0 Å². The molecule has 2 aliphatic rings. The van der Waals surface area contributed by atoms with Crippen LogP contribution in [0.3, 0.4) is 0 Å². The van der Waals surface area contributed by atoms with Crippen molar-refractivity contribution in [3.63, 3.8) is 0 Å². The number of rotatable bonds is 6. The van der Waals surface area contributed by atoms with Crippen LogP contribution in [0.25, 0.3) is 0 Å². The van der Waals surface area contributed by atoms with Gasteiger partial charge in [-0.1, -0.05) is 50.1 Å². The molecule has 3 rings (SSSR count). The first-order chi connectivity index (χ1) is 12.9. The first-order valence-corrected chi connectivity index (χ1v) is 9.87. The van der Waals surface area contributed by atoms with E-state index in [1.807, 2.05) is 49.1 Å². The number of carbonyl (C=O) groups excluding carboxylic acids is 3. The van der Waals surface area contributed by atoms with Gasteiger partial charge in [-0.3, -0.25) is 19.4 Å². The van der Waals surface area contributed by atoms with Gasteiger partial charge in [0, 0.05) is 18.6 Å². The van der Waals surface area contributed by atoms with E-state index in [0.717, 1.165) is 36.1 Å². The standard InChI is InChI=1S/C21H29N3O3/c1-15(2)22(13-17-10-5-4-6-11-17)14-23-19(25)20(26)24(21(23)27)18-12-8-7-9-16(18)3/h4-6,10-11,15-16,18H,7-9,12-14H2,1-3H3/t16-,18-/m0/s1. The molecule has 0 N–H and O–H groups in total. The smallest absolute Gasteiger partial charge is 0.279 e. The molecular weight excluding hydrogens is 342 g/mol. The number of amides is 4. The third kappa shape index (κ3) is 4.05. The van der Waals surface area contributed by atoms with E-state index >= 15 is 0 Å². The fourth-order valence-corrected chi connectivity index (χ4v) is 4.02. The highest BCUT2D eigenvalue weighted by Gasteiger charge is 2.49. The van der Waals surface area contributed by atoms with E-state index in [1.54, 1.807) is 0 Å². The van der Waals surface area contributed by atoms with Gasteiger partial charge in [0.2, 0.25) is 0 Å². The Morgan fingerprint density at radius 2 is 1.70 bits per heavy atom. The zero-order valence-corrected chi connectivity index (χ0v) is 16.4. The van der Waals surface area contributed by atoms with Gasteiger partial charge in [-0.15, -0.1) is 0 Å². The highest BCUT2D eigenvalue weighted by Crippen LogP contribution is 2.31. The molecule has 27 heavy (non-hydrogen) atoms. The van der Waals surface area contributed by atoms with E-state index in [9.17, 15) is 14.4 Å². The Hall–Kier alpha value is -2.21. The highest BCUT2D eigenvalue weighted by molar-refractivity contribution is 6.44. The zero-order chi connectivity index (χ0) is 19.6. The number of urea groups is 1. The fraction of sp³-hybridized carbons (Fsp3) is 0.571. The molecule has 1 aromatic rings. The normalized spacial score (nSPS) is 23.8. The highest BCUT2D eigenvalue weighted by atomic mass is 16.2. The van der Waals surface area contributed by atoms with Crippen molar-refractivity contribution in [3.05, 3.63) is 35.9 Å². The summed E-state index contributed by atoms with van der Waals surface area (Å²) in [5.41, 5.74) is 1.11. The molecule has 1 aliphatic heterocycles. The summed E-state index contributed by atoms with van der Waals surface area (Å²) < 4.78 is 0. The molecule has 6 heteroatoms. The second kappa shape index (κ2) is 8.21.